The zero-order chi connectivity index (χ0) is 13.1. The van der Waals surface area contributed by atoms with Crippen LogP contribution in [0.2, 0.25) is 0 Å². The maximum absolute atomic E-state index is 6.00. The molecule has 19 heavy (non-hydrogen) atoms. The molecular weight excluding hydrogens is 256 g/mol. The summed E-state index contributed by atoms with van der Waals surface area (Å²) < 4.78 is 2.16. The van der Waals surface area contributed by atoms with Gasteiger partial charge in [0.15, 0.2) is 5.75 Å². The average Bonchev–Trinajstić information content (AvgIpc) is 2.86. The first-order chi connectivity index (χ1) is 9.33. The van der Waals surface area contributed by atoms with Gasteiger partial charge in [0.1, 0.15) is 0 Å². The van der Waals surface area contributed by atoms with Crippen molar-refractivity contribution in [3.8, 4) is 16.9 Å². The molecule has 0 aliphatic carbocycles. The topological polar surface area (TPSA) is 15.7 Å². The number of rotatable bonds is 3. The van der Waals surface area contributed by atoms with Gasteiger partial charge in [-0.05, 0) is 18.7 Å². The summed E-state index contributed by atoms with van der Waals surface area (Å²) in [6, 6.07) is 18.5. The van der Waals surface area contributed by atoms with E-state index in [0.717, 1.165) is 23.9 Å². The Labute approximate surface area is 117 Å². The van der Waals surface area contributed by atoms with Crippen LogP contribution >= 0.6 is 11.9 Å². The molecule has 0 spiro atoms. The van der Waals surface area contributed by atoms with E-state index in [0.29, 0.717) is 0 Å². The minimum Gasteiger partial charge on any atom is -0.403 e. The molecule has 0 aromatic heterocycles. The Balaban J connectivity index is 1.86. The molecule has 2 aromatic rings. The number of hydrogen-bond donors (Lipinski definition) is 0. The van der Waals surface area contributed by atoms with Gasteiger partial charge in [-0.25, -0.2) is 4.31 Å². The zero-order valence-corrected chi connectivity index (χ0v) is 11.6. The van der Waals surface area contributed by atoms with Crippen molar-refractivity contribution in [1.82, 2.24) is 9.37 Å². The Kier molecular flexibility index (Phi) is 3.73. The number of hydrogen-bond acceptors (Lipinski definition) is 4. The zero-order valence-electron chi connectivity index (χ0n) is 10.8. The highest BCUT2D eigenvalue weighted by Crippen LogP contribution is 2.31. The second-order valence-corrected chi connectivity index (χ2v) is 5.60. The van der Waals surface area contributed by atoms with Gasteiger partial charge in [-0.15, -0.1) is 5.06 Å². The van der Waals surface area contributed by atoms with Crippen molar-refractivity contribution < 1.29 is 4.84 Å². The molecule has 1 saturated heterocycles. The Morgan fingerprint density at radius 2 is 1.74 bits per heavy atom. The summed E-state index contributed by atoms with van der Waals surface area (Å²) in [6.45, 7) is 0.813. The van der Waals surface area contributed by atoms with Crippen molar-refractivity contribution in [2.24, 2.45) is 0 Å². The summed E-state index contributed by atoms with van der Waals surface area (Å²) in [5.41, 5.74) is 2.31. The van der Waals surface area contributed by atoms with Gasteiger partial charge in [0.05, 0.1) is 12.5 Å². The summed E-state index contributed by atoms with van der Waals surface area (Å²) in [5, 5.41) is 1.96. The first-order valence-corrected chi connectivity index (χ1v) is 7.18. The highest BCUT2D eigenvalue weighted by molar-refractivity contribution is 7.97. The number of hydroxylamine groups is 2. The molecule has 4 heteroatoms. The maximum atomic E-state index is 6.00. The number of para-hydroxylation sites is 1. The average molecular weight is 272 g/mol. The molecular formula is C15H16N2OS. The molecule has 98 valence electrons. The van der Waals surface area contributed by atoms with E-state index in [9.17, 15) is 0 Å². The normalized spacial score (nSPS) is 16.7. The quantitative estimate of drug-likeness (QED) is 0.795. The molecule has 0 saturated carbocycles. The van der Waals surface area contributed by atoms with E-state index < -0.39 is 0 Å². The smallest absolute Gasteiger partial charge is 0.155 e. The molecule has 3 rings (SSSR count). The lowest BCUT2D eigenvalue weighted by Gasteiger charge is -2.18. The molecule has 0 bridgehead atoms. The van der Waals surface area contributed by atoms with Gasteiger partial charge in [0.25, 0.3) is 0 Å². The Bertz CT molecular complexity index is 547. The van der Waals surface area contributed by atoms with Gasteiger partial charge in [0.2, 0.25) is 0 Å². The first-order valence-electron chi connectivity index (χ1n) is 6.24. The minimum absolute atomic E-state index is 0.813. The highest BCUT2D eigenvalue weighted by atomic mass is 32.2. The van der Waals surface area contributed by atoms with Crippen molar-refractivity contribution in [2.45, 2.75) is 0 Å². The molecule has 0 amide bonds. The van der Waals surface area contributed by atoms with Crippen LogP contribution in [0.25, 0.3) is 11.1 Å². The molecule has 0 unspecified atom stereocenters. The summed E-state index contributed by atoms with van der Waals surface area (Å²) >= 11 is 1.76. The summed E-state index contributed by atoms with van der Waals surface area (Å²) in [4.78, 5) is 6.00. The third-order valence-electron chi connectivity index (χ3n) is 2.98. The summed E-state index contributed by atoms with van der Waals surface area (Å²) in [7, 11) is 2.07. The van der Waals surface area contributed by atoms with Crippen LogP contribution in [0.4, 0.5) is 0 Å². The fourth-order valence-electron chi connectivity index (χ4n) is 2.06. The number of benzene rings is 2. The maximum Gasteiger partial charge on any atom is 0.155 e. The second kappa shape index (κ2) is 5.65. The van der Waals surface area contributed by atoms with E-state index in [1.165, 1.54) is 5.56 Å². The van der Waals surface area contributed by atoms with Gasteiger partial charge in [-0.3, -0.25) is 0 Å². The van der Waals surface area contributed by atoms with Crippen LogP contribution < -0.4 is 4.84 Å². The minimum atomic E-state index is 0.813. The van der Waals surface area contributed by atoms with Crippen LogP contribution in [-0.2, 0) is 0 Å². The van der Waals surface area contributed by atoms with E-state index in [1.54, 1.807) is 11.9 Å². The van der Waals surface area contributed by atoms with E-state index in [1.807, 2.05) is 41.5 Å². The van der Waals surface area contributed by atoms with Gasteiger partial charge >= 0.3 is 0 Å². The van der Waals surface area contributed by atoms with Crippen molar-refractivity contribution in [3.05, 3.63) is 54.6 Å². The van der Waals surface area contributed by atoms with Crippen LogP contribution in [0.3, 0.4) is 0 Å². The van der Waals surface area contributed by atoms with Gasteiger partial charge in [-0.2, -0.15) is 0 Å². The van der Waals surface area contributed by atoms with Crippen LogP contribution in [0.5, 0.6) is 5.75 Å². The van der Waals surface area contributed by atoms with Crippen LogP contribution in [-0.4, -0.2) is 29.0 Å². The largest absolute Gasteiger partial charge is 0.403 e. The van der Waals surface area contributed by atoms with Crippen molar-refractivity contribution in [1.29, 1.82) is 0 Å². The monoisotopic (exact) mass is 272 g/mol. The molecule has 2 aromatic carbocycles. The fraction of sp³-hybridized carbons (Fsp3) is 0.200. The predicted octanol–water partition coefficient (Wildman–Crippen LogP) is 3.46. The molecule has 1 aliphatic rings. The Morgan fingerprint density at radius 1 is 1.00 bits per heavy atom. The molecule has 0 N–H and O–H groups in total. The highest BCUT2D eigenvalue weighted by Gasteiger charge is 2.20. The van der Waals surface area contributed by atoms with E-state index in [4.69, 9.17) is 4.84 Å². The summed E-state index contributed by atoms with van der Waals surface area (Å²) in [5.74, 6) is 1.77. The van der Waals surface area contributed by atoms with Crippen LogP contribution in [0.15, 0.2) is 54.6 Å². The Morgan fingerprint density at radius 3 is 2.47 bits per heavy atom. The standard InChI is InChI=1S/C15H16N2OS/c1-16-11-17(12-19-16)18-15-10-6-5-9-14(15)13-7-3-2-4-8-13/h2-10H,11-12H2,1H3. The molecule has 1 heterocycles. The predicted molar refractivity (Wildman–Crippen MR) is 79.4 cm³/mol. The second-order valence-electron chi connectivity index (χ2n) is 4.46. The van der Waals surface area contributed by atoms with Crippen molar-refractivity contribution >= 4 is 11.9 Å². The molecule has 0 atom stereocenters. The SMILES string of the molecule is CN1CN(Oc2ccccc2-c2ccccc2)CS1. The number of nitrogens with zero attached hydrogens (tertiary/aromatic N) is 2. The lowest BCUT2D eigenvalue weighted by atomic mass is 10.1. The van der Waals surface area contributed by atoms with Crippen LogP contribution in [0.1, 0.15) is 0 Å². The van der Waals surface area contributed by atoms with Gasteiger partial charge in [-0.1, -0.05) is 60.5 Å². The first kappa shape index (κ1) is 12.5. The van der Waals surface area contributed by atoms with E-state index in [2.05, 4.69) is 29.6 Å². The Hall–Kier alpha value is -1.49. The fourth-order valence-corrected chi connectivity index (χ4v) is 2.73. The van der Waals surface area contributed by atoms with Gasteiger partial charge < -0.3 is 4.84 Å². The molecule has 3 nitrogen and oxygen atoms in total. The van der Waals surface area contributed by atoms with Crippen molar-refractivity contribution in [2.75, 3.05) is 19.6 Å². The van der Waals surface area contributed by atoms with E-state index in [-0.39, 0.29) is 0 Å². The van der Waals surface area contributed by atoms with Gasteiger partial charge in [0, 0.05) is 5.56 Å². The summed E-state index contributed by atoms with van der Waals surface area (Å²) in [6.07, 6.45) is 0. The molecule has 1 aliphatic heterocycles. The van der Waals surface area contributed by atoms with Crippen LogP contribution in [0, 0.1) is 0 Å². The van der Waals surface area contributed by atoms with E-state index >= 15 is 0 Å². The lowest BCUT2D eigenvalue weighted by Crippen LogP contribution is -2.26. The molecule has 0 radical (unpaired) electrons. The third kappa shape index (κ3) is 2.92. The third-order valence-corrected chi connectivity index (χ3v) is 3.94. The lowest BCUT2D eigenvalue weighted by molar-refractivity contribution is -0.0454. The van der Waals surface area contributed by atoms with Crippen molar-refractivity contribution in [3.63, 3.8) is 0 Å². The molecule has 1 fully saturated rings.